The molecule has 8 heteroatoms. The van der Waals surface area contributed by atoms with Gasteiger partial charge >= 0.3 is 0 Å². The number of nitrogens with one attached hydrogen (secondary N) is 2. The van der Waals surface area contributed by atoms with Gasteiger partial charge in [0.1, 0.15) is 12.4 Å². The van der Waals surface area contributed by atoms with Crippen molar-refractivity contribution in [3.63, 3.8) is 0 Å². The second kappa shape index (κ2) is 11.5. The molecular formula is C26H30N4O4. The smallest absolute Gasteiger partial charge is 0.255 e. The minimum Gasteiger partial charge on any atom is -0.496 e. The SMILES string of the molecule is CNc1ncccc1OCc1ccccc1NC(=O)c1ccc(CN2CCOCC2)c(OC)c1. The number of benzene rings is 2. The molecule has 34 heavy (non-hydrogen) atoms. The Bertz CT molecular complexity index is 1120. The van der Waals surface area contributed by atoms with Crippen LogP contribution in [-0.2, 0) is 17.9 Å². The van der Waals surface area contributed by atoms with E-state index >= 15 is 0 Å². The predicted octanol–water partition coefficient (Wildman–Crippen LogP) is 3.80. The van der Waals surface area contributed by atoms with Gasteiger partial charge in [-0.3, -0.25) is 9.69 Å². The van der Waals surface area contributed by atoms with Crippen LogP contribution in [-0.4, -0.2) is 56.3 Å². The first-order valence-electron chi connectivity index (χ1n) is 11.3. The Balaban J connectivity index is 1.45. The van der Waals surface area contributed by atoms with Gasteiger partial charge in [0.15, 0.2) is 11.6 Å². The first-order valence-corrected chi connectivity index (χ1v) is 11.3. The summed E-state index contributed by atoms with van der Waals surface area (Å²) in [6.07, 6.45) is 1.70. The summed E-state index contributed by atoms with van der Waals surface area (Å²) in [5.74, 6) is 1.80. The fourth-order valence-electron chi connectivity index (χ4n) is 3.83. The van der Waals surface area contributed by atoms with Crippen molar-refractivity contribution in [3.05, 3.63) is 77.5 Å². The lowest BCUT2D eigenvalue weighted by Gasteiger charge is -2.27. The van der Waals surface area contributed by atoms with Crippen LogP contribution in [0.4, 0.5) is 11.5 Å². The average Bonchev–Trinajstić information content (AvgIpc) is 2.89. The van der Waals surface area contributed by atoms with Crippen molar-refractivity contribution >= 4 is 17.4 Å². The fraction of sp³-hybridized carbons (Fsp3) is 0.308. The standard InChI is InChI=1S/C26H30N4O4/c1-27-25-23(8-5-11-28-25)34-18-21-6-3-4-7-22(21)29-26(31)19-9-10-20(24(16-19)32-2)17-30-12-14-33-15-13-30/h3-11,16H,12-15,17-18H2,1-2H3,(H,27,28)(H,29,31). The van der Waals surface area contributed by atoms with Gasteiger partial charge in [-0.25, -0.2) is 4.98 Å². The van der Waals surface area contributed by atoms with Gasteiger partial charge in [0.05, 0.1) is 20.3 Å². The minimum absolute atomic E-state index is 0.207. The maximum atomic E-state index is 13.1. The zero-order chi connectivity index (χ0) is 23.8. The Morgan fingerprint density at radius 3 is 2.68 bits per heavy atom. The molecule has 4 rings (SSSR count). The molecule has 2 heterocycles. The van der Waals surface area contributed by atoms with Crippen LogP contribution >= 0.6 is 0 Å². The molecule has 2 aromatic carbocycles. The van der Waals surface area contributed by atoms with Gasteiger partial charge in [-0.1, -0.05) is 24.3 Å². The number of rotatable bonds is 9. The van der Waals surface area contributed by atoms with Gasteiger partial charge in [-0.2, -0.15) is 0 Å². The number of para-hydroxylation sites is 1. The van der Waals surface area contributed by atoms with E-state index in [9.17, 15) is 4.79 Å². The quantitative estimate of drug-likeness (QED) is 0.500. The summed E-state index contributed by atoms with van der Waals surface area (Å²) in [6.45, 7) is 4.31. The Labute approximate surface area is 199 Å². The van der Waals surface area contributed by atoms with Crippen molar-refractivity contribution < 1.29 is 19.0 Å². The lowest BCUT2D eigenvalue weighted by Crippen LogP contribution is -2.35. The number of nitrogens with zero attached hydrogens (tertiary/aromatic N) is 2. The molecule has 0 radical (unpaired) electrons. The molecule has 0 atom stereocenters. The lowest BCUT2D eigenvalue weighted by molar-refractivity contribution is 0.0339. The first kappa shape index (κ1) is 23.5. The molecule has 1 saturated heterocycles. The van der Waals surface area contributed by atoms with Gasteiger partial charge in [-0.05, 0) is 30.3 Å². The summed E-state index contributed by atoms with van der Waals surface area (Å²) in [5.41, 5.74) is 3.13. The van der Waals surface area contributed by atoms with Crippen molar-refractivity contribution in [2.75, 3.05) is 51.1 Å². The predicted molar refractivity (Wildman–Crippen MR) is 132 cm³/mol. The van der Waals surface area contributed by atoms with Crippen molar-refractivity contribution in [1.82, 2.24) is 9.88 Å². The Morgan fingerprint density at radius 2 is 1.88 bits per heavy atom. The van der Waals surface area contributed by atoms with Gasteiger partial charge in [-0.15, -0.1) is 0 Å². The maximum Gasteiger partial charge on any atom is 0.255 e. The third-order valence-electron chi connectivity index (χ3n) is 5.70. The lowest BCUT2D eigenvalue weighted by atomic mass is 10.1. The molecule has 3 aromatic rings. The number of anilines is 2. The third kappa shape index (κ3) is 5.84. The molecule has 1 aliphatic heterocycles. The van der Waals surface area contributed by atoms with Crippen LogP contribution < -0.4 is 20.1 Å². The Hall–Kier alpha value is -3.62. The van der Waals surface area contributed by atoms with Crippen LogP contribution in [0.15, 0.2) is 60.8 Å². The third-order valence-corrected chi connectivity index (χ3v) is 5.70. The van der Waals surface area contributed by atoms with E-state index in [1.807, 2.05) is 48.5 Å². The normalized spacial score (nSPS) is 13.8. The maximum absolute atomic E-state index is 13.1. The number of methoxy groups -OCH3 is 1. The molecule has 178 valence electrons. The Kier molecular flexibility index (Phi) is 7.95. The highest BCUT2D eigenvalue weighted by Gasteiger charge is 2.16. The number of carbonyl (C=O) groups excluding carboxylic acids is 1. The van der Waals surface area contributed by atoms with E-state index < -0.39 is 0 Å². The van der Waals surface area contributed by atoms with Crippen LogP contribution in [0, 0.1) is 0 Å². The number of hydrogen-bond acceptors (Lipinski definition) is 7. The highest BCUT2D eigenvalue weighted by Crippen LogP contribution is 2.26. The molecule has 1 aromatic heterocycles. The van der Waals surface area contributed by atoms with Crippen LogP contribution in [0.3, 0.4) is 0 Å². The summed E-state index contributed by atoms with van der Waals surface area (Å²) in [6, 6.07) is 16.8. The molecule has 0 bridgehead atoms. The van der Waals surface area contributed by atoms with Gasteiger partial charge in [0, 0.05) is 55.3 Å². The van der Waals surface area contributed by atoms with Gasteiger partial charge in [0.2, 0.25) is 0 Å². The zero-order valence-electron chi connectivity index (χ0n) is 19.5. The van der Waals surface area contributed by atoms with Gasteiger partial charge < -0.3 is 24.8 Å². The first-order chi connectivity index (χ1) is 16.7. The zero-order valence-corrected chi connectivity index (χ0v) is 19.5. The van der Waals surface area contributed by atoms with E-state index in [2.05, 4.69) is 20.5 Å². The van der Waals surface area contributed by atoms with Gasteiger partial charge in [0.25, 0.3) is 5.91 Å². The number of aromatic nitrogens is 1. The van der Waals surface area contributed by atoms with E-state index in [4.69, 9.17) is 14.2 Å². The van der Waals surface area contributed by atoms with Crippen molar-refractivity contribution in [3.8, 4) is 11.5 Å². The number of carbonyl (C=O) groups is 1. The summed E-state index contributed by atoms with van der Waals surface area (Å²) in [4.78, 5) is 19.6. The fourth-order valence-corrected chi connectivity index (χ4v) is 3.83. The van der Waals surface area contributed by atoms with Crippen LogP contribution in [0.5, 0.6) is 11.5 Å². The van der Waals surface area contributed by atoms with E-state index in [0.717, 1.165) is 44.0 Å². The summed E-state index contributed by atoms with van der Waals surface area (Å²) in [5, 5.41) is 6.03. The highest BCUT2D eigenvalue weighted by atomic mass is 16.5. The average molecular weight is 463 g/mol. The molecule has 0 unspecified atom stereocenters. The number of hydrogen-bond donors (Lipinski definition) is 2. The highest BCUT2D eigenvalue weighted by molar-refractivity contribution is 6.05. The molecule has 1 fully saturated rings. The van der Waals surface area contributed by atoms with E-state index in [1.54, 1.807) is 26.4 Å². The Morgan fingerprint density at radius 1 is 1.06 bits per heavy atom. The number of pyridine rings is 1. The summed E-state index contributed by atoms with van der Waals surface area (Å²) < 4.78 is 17.0. The van der Waals surface area contributed by atoms with Crippen molar-refractivity contribution in [2.45, 2.75) is 13.2 Å². The largest absolute Gasteiger partial charge is 0.496 e. The second-order valence-electron chi connectivity index (χ2n) is 7.92. The molecule has 2 N–H and O–H groups in total. The number of ether oxygens (including phenoxy) is 3. The molecule has 1 amide bonds. The number of morpholine rings is 1. The van der Waals surface area contributed by atoms with E-state index in [1.165, 1.54) is 0 Å². The summed E-state index contributed by atoms with van der Waals surface area (Å²) >= 11 is 0. The molecule has 0 aliphatic carbocycles. The topological polar surface area (TPSA) is 85.0 Å². The van der Waals surface area contributed by atoms with Crippen molar-refractivity contribution in [2.24, 2.45) is 0 Å². The van der Waals surface area contributed by atoms with Crippen molar-refractivity contribution in [1.29, 1.82) is 0 Å². The minimum atomic E-state index is -0.207. The second-order valence-corrected chi connectivity index (χ2v) is 7.92. The van der Waals surface area contributed by atoms with Crippen LogP contribution in [0.25, 0.3) is 0 Å². The van der Waals surface area contributed by atoms with Crippen LogP contribution in [0.2, 0.25) is 0 Å². The molecule has 0 spiro atoms. The molecule has 8 nitrogen and oxygen atoms in total. The van der Waals surface area contributed by atoms with E-state index in [-0.39, 0.29) is 5.91 Å². The molecule has 0 saturated carbocycles. The summed E-state index contributed by atoms with van der Waals surface area (Å²) in [7, 11) is 3.42. The number of amides is 1. The molecule has 1 aliphatic rings. The van der Waals surface area contributed by atoms with Crippen LogP contribution in [0.1, 0.15) is 21.5 Å². The molecular weight excluding hydrogens is 432 g/mol. The monoisotopic (exact) mass is 462 g/mol. The van der Waals surface area contributed by atoms with E-state index in [0.29, 0.717) is 35.2 Å².